The molecule has 0 spiro atoms. The Labute approximate surface area is 279 Å². The number of rotatable bonds is 3. The van der Waals surface area contributed by atoms with Crippen LogP contribution in [0, 0.1) is 0 Å². The average Bonchev–Trinajstić information content (AvgIpc) is 3.88. The van der Waals surface area contributed by atoms with Gasteiger partial charge in [-0.15, -0.1) is 11.3 Å². The number of hydrogen-bond donors (Lipinski definition) is 0. The van der Waals surface area contributed by atoms with E-state index in [2.05, 4.69) is 167 Å². The molecule has 0 N–H and O–H groups in total. The van der Waals surface area contributed by atoms with E-state index in [9.17, 15) is 0 Å². The van der Waals surface area contributed by atoms with Crippen molar-refractivity contribution in [2.45, 2.75) is 0 Å². The van der Waals surface area contributed by atoms with Gasteiger partial charge in [0.2, 0.25) is 5.71 Å². The second kappa shape index (κ2) is 9.71. The predicted molar refractivity (Wildman–Crippen MR) is 203 cm³/mol. The van der Waals surface area contributed by atoms with Crippen LogP contribution in [0.5, 0.6) is 0 Å². The van der Waals surface area contributed by atoms with Crippen molar-refractivity contribution < 1.29 is 4.42 Å². The summed E-state index contributed by atoms with van der Waals surface area (Å²) in [6.45, 7) is 0. The summed E-state index contributed by atoms with van der Waals surface area (Å²) >= 11 is 1.87. The minimum absolute atomic E-state index is 0.883. The molecule has 0 saturated heterocycles. The van der Waals surface area contributed by atoms with E-state index in [-0.39, 0.29) is 0 Å². The van der Waals surface area contributed by atoms with Crippen LogP contribution in [0.1, 0.15) is 0 Å². The minimum atomic E-state index is 0.883. The topological polar surface area (TPSA) is 23.0 Å². The Morgan fingerprint density at radius 1 is 0.396 bits per heavy atom. The van der Waals surface area contributed by atoms with Crippen molar-refractivity contribution >= 4 is 86.3 Å². The van der Waals surface area contributed by atoms with Crippen molar-refractivity contribution in [3.05, 3.63) is 158 Å². The molecule has 0 radical (unpaired) electrons. The van der Waals surface area contributed by atoms with Crippen LogP contribution in [0.4, 0.5) is 0 Å². The van der Waals surface area contributed by atoms with Gasteiger partial charge in [0.05, 0.1) is 21.9 Å². The number of thiophene rings is 1. The third kappa shape index (κ3) is 3.58. The summed E-state index contributed by atoms with van der Waals surface area (Å²) in [5.74, 6) is 0. The first-order valence-corrected chi connectivity index (χ1v) is 17.1. The monoisotopic (exact) mass is 630 g/mol. The lowest BCUT2D eigenvalue weighted by atomic mass is 10.0. The highest BCUT2D eigenvalue weighted by Gasteiger charge is 2.20. The molecular formula is C44H26N2OS. The molecular weight excluding hydrogens is 605 g/mol. The van der Waals surface area contributed by atoms with Gasteiger partial charge in [-0.05, 0) is 71.8 Å². The van der Waals surface area contributed by atoms with Crippen molar-refractivity contribution in [1.29, 1.82) is 0 Å². The Morgan fingerprint density at radius 3 is 1.73 bits per heavy atom. The molecule has 0 aliphatic heterocycles. The summed E-state index contributed by atoms with van der Waals surface area (Å²) in [4.78, 5) is 0. The molecule has 0 aliphatic carbocycles. The zero-order valence-corrected chi connectivity index (χ0v) is 26.5. The van der Waals surface area contributed by atoms with E-state index in [1.54, 1.807) is 0 Å². The molecule has 0 atom stereocenters. The molecule has 11 rings (SSSR count). The molecule has 0 amide bonds. The Morgan fingerprint density at radius 2 is 0.979 bits per heavy atom. The van der Waals surface area contributed by atoms with Crippen LogP contribution in [0.15, 0.2) is 162 Å². The first-order valence-electron chi connectivity index (χ1n) is 16.3. The van der Waals surface area contributed by atoms with E-state index in [0.717, 1.165) is 33.3 Å². The number of benzene rings is 7. The molecule has 0 unspecified atom stereocenters. The highest BCUT2D eigenvalue weighted by molar-refractivity contribution is 7.25. The van der Waals surface area contributed by atoms with E-state index in [1.165, 1.54) is 64.2 Å². The quantitative estimate of drug-likeness (QED) is 0.190. The predicted octanol–water partition coefficient (Wildman–Crippen LogP) is 12.7. The van der Waals surface area contributed by atoms with Crippen LogP contribution >= 0.6 is 11.3 Å². The fraction of sp³-hybridized carbons (Fsp3) is 0. The SMILES string of the molecule is c1ccc(-n2c3ccccc3c3c4cc(-c5ccc6c(c5)sc5cc(-n7c8ccccc8c8ccccc87)ccc56)ccc4oc32)cc1. The highest BCUT2D eigenvalue weighted by Crippen LogP contribution is 2.42. The largest absolute Gasteiger partial charge is 0.439 e. The van der Waals surface area contributed by atoms with Gasteiger partial charge in [-0.1, -0.05) is 97.1 Å². The van der Waals surface area contributed by atoms with Crippen LogP contribution in [0.3, 0.4) is 0 Å². The normalized spacial score (nSPS) is 12.2. The third-order valence-electron chi connectivity index (χ3n) is 9.93. The first kappa shape index (κ1) is 26.0. The average molecular weight is 631 g/mol. The van der Waals surface area contributed by atoms with Crippen molar-refractivity contribution in [3.63, 3.8) is 0 Å². The Bertz CT molecular complexity index is 3010. The van der Waals surface area contributed by atoms with E-state index in [0.29, 0.717) is 0 Å². The first-order chi connectivity index (χ1) is 23.8. The fourth-order valence-electron chi connectivity index (χ4n) is 7.79. The van der Waals surface area contributed by atoms with Gasteiger partial charge >= 0.3 is 0 Å². The number of para-hydroxylation sites is 4. The number of furan rings is 1. The van der Waals surface area contributed by atoms with Gasteiger partial charge in [0.1, 0.15) is 5.58 Å². The lowest BCUT2D eigenvalue weighted by molar-refractivity contribution is 0.645. The maximum absolute atomic E-state index is 6.58. The number of hydrogen-bond acceptors (Lipinski definition) is 2. The molecule has 3 nitrogen and oxygen atoms in total. The molecule has 4 heterocycles. The van der Waals surface area contributed by atoms with Crippen LogP contribution in [0.25, 0.3) is 97.5 Å². The maximum atomic E-state index is 6.58. The van der Waals surface area contributed by atoms with E-state index in [4.69, 9.17) is 4.42 Å². The van der Waals surface area contributed by atoms with Crippen molar-refractivity contribution in [2.75, 3.05) is 0 Å². The summed E-state index contributed by atoms with van der Waals surface area (Å²) in [5, 5.41) is 8.66. The van der Waals surface area contributed by atoms with Crippen molar-refractivity contribution in [3.8, 4) is 22.5 Å². The van der Waals surface area contributed by atoms with Crippen LogP contribution in [-0.2, 0) is 0 Å². The molecule has 4 heteroatoms. The van der Waals surface area contributed by atoms with Crippen molar-refractivity contribution in [2.24, 2.45) is 0 Å². The van der Waals surface area contributed by atoms with Gasteiger partial charge in [0.15, 0.2) is 0 Å². The van der Waals surface area contributed by atoms with E-state index >= 15 is 0 Å². The number of fused-ring (bicyclic) bond motifs is 11. The van der Waals surface area contributed by atoms with Crippen LogP contribution < -0.4 is 0 Å². The van der Waals surface area contributed by atoms with Gasteiger partial charge in [-0.25, -0.2) is 0 Å². The smallest absolute Gasteiger partial charge is 0.213 e. The Hall–Kier alpha value is -6.10. The zero-order chi connectivity index (χ0) is 31.3. The molecule has 0 bridgehead atoms. The van der Waals surface area contributed by atoms with Crippen molar-refractivity contribution in [1.82, 2.24) is 9.13 Å². The summed E-state index contributed by atoms with van der Waals surface area (Å²) in [7, 11) is 0. The molecule has 4 aromatic heterocycles. The molecule has 7 aromatic carbocycles. The lowest BCUT2D eigenvalue weighted by Crippen LogP contribution is -1.92. The molecule has 0 saturated carbocycles. The summed E-state index contributed by atoms with van der Waals surface area (Å²) in [6.07, 6.45) is 0. The van der Waals surface area contributed by atoms with Crippen LogP contribution in [-0.4, -0.2) is 9.13 Å². The van der Waals surface area contributed by atoms with Gasteiger partial charge < -0.3 is 8.98 Å². The van der Waals surface area contributed by atoms with Gasteiger partial charge in [-0.3, -0.25) is 4.57 Å². The molecule has 224 valence electrons. The molecule has 11 aromatic rings. The summed E-state index contributed by atoms with van der Waals surface area (Å²) in [5.41, 5.74) is 10.1. The van der Waals surface area contributed by atoms with E-state index < -0.39 is 0 Å². The zero-order valence-electron chi connectivity index (χ0n) is 25.7. The van der Waals surface area contributed by atoms with Gasteiger partial charge in [0.25, 0.3) is 0 Å². The number of aromatic nitrogens is 2. The fourth-order valence-corrected chi connectivity index (χ4v) is 8.97. The number of nitrogens with zero attached hydrogens (tertiary/aromatic N) is 2. The standard InChI is InChI=1S/C44H26N2OS/c1-2-10-29(11-3-1)46-39-17-9-6-14-35(39)43-36-24-27(19-23-40(36)47-44(43)46)28-18-21-33-34-22-20-30(26-42(34)48-41(33)25-28)45-37-15-7-4-12-31(37)32-13-5-8-16-38(32)45/h1-26H. The minimum Gasteiger partial charge on any atom is -0.439 e. The second-order valence-electron chi connectivity index (χ2n) is 12.5. The lowest BCUT2D eigenvalue weighted by Gasteiger charge is -2.08. The maximum Gasteiger partial charge on any atom is 0.213 e. The Kier molecular flexibility index (Phi) is 5.26. The summed E-state index contributed by atoms with van der Waals surface area (Å²) in [6, 6.07) is 56.9. The molecule has 0 aliphatic rings. The molecule has 48 heavy (non-hydrogen) atoms. The van der Waals surface area contributed by atoms with Gasteiger partial charge in [0, 0.05) is 53.1 Å². The molecule has 0 fully saturated rings. The highest BCUT2D eigenvalue weighted by atomic mass is 32.1. The summed E-state index contributed by atoms with van der Waals surface area (Å²) < 4.78 is 13.8. The second-order valence-corrected chi connectivity index (χ2v) is 13.6. The van der Waals surface area contributed by atoms with E-state index in [1.807, 2.05) is 11.3 Å². The Balaban J connectivity index is 1.06. The van der Waals surface area contributed by atoms with Gasteiger partial charge in [-0.2, -0.15) is 0 Å². The van der Waals surface area contributed by atoms with Crippen LogP contribution in [0.2, 0.25) is 0 Å². The third-order valence-corrected chi connectivity index (χ3v) is 11.0.